The minimum absolute atomic E-state index is 0.246. The number of pyridine rings is 1. The van der Waals surface area contributed by atoms with Gasteiger partial charge in [-0.2, -0.15) is 5.10 Å². The second-order valence-corrected chi connectivity index (χ2v) is 8.14. The largest absolute Gasteiger partial charge is 0.493 e. The summed E-state index contributed by atoms with van der Waals surface area (Å²) in [4.78, 5) is 28.7. The van der Waals surface area contributed by atoms with Crippen molar-refractivity contribution in [3.63, 3.8) is 0 Å². The quantitative estimate of drug-likeness (QED) is 0.182. The van der Waals surface area contributed by atoms with Gasteiger partial charge in [-0.3, -0.25) is 9.78 Å². The van der Waals surface area contributed by atoms with Gasteiger partial charge in [0.2, 0.25) is 0 Å². The van der Waals surface area contributed by atoms with E-state index in [1.807, 2.05) is 0 Å². The minimum atomic E-state index is -0.554. The lowest BCUT2D eigenvalue weighted by atomic mass is 10.1. The van der Waals surface area contributed by atoms with Gasteiger partial charge in [-0.05, 0) is 66.4 Å². The summed E-state index contributed by atoms with van der Waals surface area (Å²) in [6, 6.07) is 13.1. The molecule has 0 aliphatic heterocycles. The number of nitrogens with one attached hydrogen (secondary N) is 1. The summed E-state index contributed by atoms with van der Waals surface area (Å²) < 4.78 is 21.9. The summed E-state index contributed by atoms with van der Waals surface area (Å²) in [6.07, 6.45) is 5.35. The number of aromatic nitrogens is 1. The SMILES string of the molecule is COc1cc(C(=O)N/N=C/c2ccc(OC(=O)c3cccnc3)c(OC)c2)ccc1OCCC(C)C. The molecule has 0 aliphatic carbocycles. The molecular formula is C27H29N3O6. The van der Waals surface area contributed by atoms with Gasteiger partial charge in [-0.25, -0.2) is 10.2 Å². The van der Waals surface area contributed by atoms with Gasteiger partial charge in [-0.1, -0.05) is 13.8 Å². The second-order valence-electron chi connectivity index (χ2n) is 8.14. The van der Waals surface area contributed by atoms with Gasteiger partial charge in [0, 0.05) is 18.0 Å². The Morgan fingerprint density at radius 1 is 0.972 bits per heavy atom. The zero-order chi connectivity index (χ0) is 25.9. The Hall–Kier alpha value is -4.40. The van der Waals surface area contributed by atoms with Crippen molar-refractivity contribution in [2.45, 2.75) is 20.3 Å². The van der Waals surface area contributed by atoms with Crippen LogP contribution in [0, 0.1) is 5.92 Å². The first-order valence-electron chi connectivity index (χ1n) is 11.4. The van der Waals surface area contributed by atoms with Crippen molar-refractivity contribution in [3.05, 3.63) is 77.6 Å². The molecule has 0 atom stereocenters. The van der Waals surface area contributed by atoms with Crippen molar-refractivity contribution < 1.29 is 28.5 Å². The van der Waals surface area contributed by atoms with Gasteiger partial charge in [0.1, 0.15) is 0 Å². The number of methoxy groups -OCH3 is 2. The third kappa shape index (κ3) is 7.30. The Balaban J connectivity index is 1.62. The molecule has 0 aliphatic rings. The van der Waals surface area contributed by atoms with E-state index in [9.17, 15) is 9.59 Å². The predicted octanol–water partition coefficient (Wildman–Crippen LogP) is 4.51. The van der Waals surface area contributed by atoms with Crippen molar-refractivity contribution >= 4 is 18.1 Å². The molecule has 1 amide bonds. The van der Waals surface area contributed by atoms with Crippen molar-refractivity contribution in [2.24, 2.45) is 11.0 Å². The number of hydrogen-bond donors (Lipinski definition) is 1. The van der Waals surface area contributed by atoms with E-state index in [4.69, 9.17) is 18.9 Å². The molecule has 3 rings (SSSR count). The van der Waals surface area contributed by atoms with Gasteiger partial charge in [-0.15, -0.1) is 0 Å². The van der Waals surface area contributed by atoms with Gasteiger partial charge in [0.15, 0.2) is 23.0 Å². The molecule has 1 N–H and O–H groups in total. The van der Waals surface area contributed by atoms with Crippen LogP contribution in [0.1, 0.15) is 46.5 Å². The summed E-state index contributed by atoms with van der Waals surface area (Å²) in [6.45, 7) is 4.81. The fourth-order valence-corrected chi connectivity index (χ4v) is 3.05. The van der Waals surface area contributed by atoms with Crippen molar-refractivity contribution in [3.8, 4) is 23.0 Å². The normalized spacial score (nSPS) is 10.8. The van der Waals surface area contributed by atoms with Gasteiger partial charge >= 0.3 is 5.97 Å². The number of esters is 1. The Kier molecular flexibility index (Phi) is 9.39. The molecule has 0 radical (unpaired) electrons. The molecule has 0 fully saturated rings. The summed E-state index contributed by atoms with van der Waals surface area (Å²) in [5, 5.41) is 4.01. The second kappa shape index (κ2) is 12.9. The zero-order valence-corrected chi connectivity index (χ0v) is 20.7. The molecular weight excluding hydrogens is 462 g/mol. The monoisotopic (exact) mass is 491 g/mol. The van der Waals surface area contributed by atoms with Gasteiger partial charge in [0.05, 0.1) is 32.6 Å². The van der Waals surface area contributed by atoms with E-state index in [-0.39, 0.29) is 5.75 Å². The molecule has 0 saturated heterocycles. The first kappa shape index (κ1) is 26.2. The highest BCUT2D eigenvalue weighted by molar-refractivity contribution is 5.95. The minimum Gasteiger partial charge on any atom is -0.493 e. The lowest BCUT2D eigenvalue weighted by Crippen LogP contribution is -2.17. The first-order chi connectivity index (χ1) is 17.4. The van der Waals surface area contributed by atoms with Crippen molar-refractivity contribution in [1.82, 2.24) is 10.4 Å². The van der Waals surface area contributed by atoms with Gasteiger partial charge < -0.3 is 18.9 Å². The molecule has 9 nitrogen and oxygen atoms in total. The topological polar surface area (TPSA) is 108 Å². The van der Waals surface area contributed by atoms with E-state index >= 15 is 0 Å². The van der Waals surface area contributed by atoms with Crippen LogP contribution in [0.3, 0.4) is 0 Å². The van der Waals surface area contributed by atoms with Crippen LogP contribution < -0.4 is 24.4 Å². The molecule has 0 bridgehead atoms. The van der Waals surface area contributed by atoms with Crippen LogP contribution in [0.2, 0.25) is 0 Å². The number of carbonyl (C=O) groups excluding carboxylic acids is 2. The van der Waals surface area contributed by atoms with E-state index in [1.165, 1.54) is 26.6 Å². The zero-order valence-electron chi connectivity index (χ0n) is 20.7. The van der Waals surface area contributed by atoms with E-state index in [0.29, 0.717) is 46.5 Å². The third-order valence-electron chi connectivity index (χ3n) is 5.05. The molecule has 0 saturated carbocycles. The predicted molar refractivity (Wildman–Crippen MR) is 135 cm³/mol. The molecule has 36 heavy (non-hydrogen) atoms. The van der Waals surface area contributed by atoms with E-state index < -0.39 is 11.9 Å². The number of benzene rings is 2. The van der Waals surface area contributed by atoms with Crippen LogP contribution in [0.5, 0.6) is 23.0 Å². The molecule has 0 unspecified atom stereocenters. The average molecular weight is 492 g/mol. The molecule has 188 valence electrons. The number of amides is 1. The summed E-state index contributed by atoms with van der Waals surface area (Å²) >= 11 is 0. The maximum Gasteiger partial charge on any atom is 0.345 e. The molecule has 1 heterocycles. The van der Waals surface area contributed by atoms with Crippen LogP contribution in [0.25, 0.3) is 0 Å². The average Bonchev–Trinajstić information content (AvgIpc) is 2.89. The summed E-state index contributed by atoms with van der Waals surface area (Å²) in [7, 11) is 2.98. The highest BCUT2D eigenvalue weighted by atomic mass is 16.6. The van der Waals surface area contributed by atoms with E-state index in [1.54, 1.807) is 54.7 Å². The lowest BCUT2D eigenvalue weighted by molar-refractivity contribution is 0.0729. The van der Waals surface area contributed by atoms with Crippen LogP contribution in [0.15, 0.2) is 66.0 Å². The third-order valence-corrected chi connectivity index (χ3v) is 5.05. The fourth-order valence-electron chi connectivity index (χ4n) is 3.05. The number of nitrogens with zero attached hydrogens (tertiary/aromatic N) is 2. The molecule has 2 aromatic carbocycles. The fraction of sp³-hybridized carbons (Fsp3) is 0.259. The maximum atomic E-state index is 12.5. The van der Waals surface area contributed by atoms with Gasteiger partial charge in [0.25, 0.3) is 5.91 Å². The Bertz CT molecular complexity index is 1210. The Morgan fingerprint density at radius 3 is 2.42 bits per heavy atom. The summed E-state index contributed by atoms with van der Waals surface area (Å²) in [5.41, 5.74) is 3.80. The molecule has 1 aromatic heterocycles. The smallest absolute Gasteiger partial charge is 0.345 e. The number of hydrazone groups is 1. The molecule has 3 aromatic rings. The Morgan fingerprint density at radius 2 is 1.72 bits per heavy atom. The Labute approximate surface area is 210 Å². The standard InChI is InChI=1S/C27H29N3O6/c1-18(2)11-13-35-22-10-8-20(15-25(22)34-4)26(31)30-29-16-19-7-9-23(24(14-19)33-3)36-27(32)21-6-5-12-28-17-21/h5-10,12,14-18H,11,13H2,1-4H3,(H,30,31)/b29-16+. The summed E-state index contributed by atoms with van der Waals surface area (Å²) in [5.74, 6) is 1.19. The first-order valence-corrected chi connectivity index (χ1v) is 11.4. The number of rotatable bonds is 11. The van der Waals surface area contributed by atoms with Crippen molar-refractivity contribution in [1.29, 1.82) is 0 Å². The van der Waals surface area contributed by atoms with E-state index in [2.05, 4.69) is 29.4 Å². The van der Waals surface area contributed by atoms with Crippen LogP contribution >= 0.6 is 0 Å². The van der Waals surface area contributed by atoms with Crippen LogP contribution in [-0.4, -0.2) is 43.9 Å². The van der Waals surface area contributed by atoms with Crippen molar-refractivity contribution in [2.75, 3.05) is 20.8 Å². The van der Waals surface area contributed by atoms with E-state index in [0.717, 1.165) is 6.42 Å². The number of hydrogen-bond acceptors (Lipinski definition) is 8. The van der Waals surface area contributed by atoms with Crippen LogP contribution in [0.4, 0.5) is 0 Å². The lowest BCUT2D eigenvalue weighted by Gasteiger charge is -2.12. The number of carbonyl (C=O) groups is 2. The highest BCUT2D eigenvalue weighted by Gasteiger charge is 2.14. The molecule has 0 spiro atoms. The number of ether oxygens (including phenoxy) is 4. The molecule has 9 heteroatoms. The maximum absolute atomic E-state index is 12.5. The highest BCUT2D eigenvalue weighted by Crippen LogP contribution is 2.29. The van der Waals surface area contributed by atoms with Crippen LogP contribution in [-0.2, 0) is 0 Å².